The third kappa shape index (κ3) is 8.36. The standard InChI is InChI=1S/C17H26N2O3.C2H2O4/c1-12-5-6-16(21-4)15(9-12)18-17(20)7-8-19-10-13(2)22-14(3)11-19;3-1(4)2(5)6/h5-6,9,13-14H,7-8,10-11H2,1-4H3,(H,18,20);(H,3,4)(H,5,6). The summed E-state index contributed by atoms with van der Waals surface area (Å²) in [5.41, 5.74) is 1.82. The Morgan fingerprint density at radius 1 is 1.18 bits per heavy atom. The van der Waals surface area contributed by atoms with E-state index in [4.69, 9.17) is 29.3 Å². The highest BCUT2D eigenvalue weighted by Crippen LogP contribution is 2.25. The molecule has 0 aliphatic carbocycles. The van der Waals surface area contributed by atoms with Crippen molar-refractivity contribution in [3.8, 4) is 5.75 Å². The first-order chi connectivity index (χ1) is 13.1. The number of hydrogen-bond donors (Lipinski definition) is 3. The highest BCUT2D eigenvalue weighted by atomic mass is 16.5. The summed E-state index contributed by atoms with van der Waals surface area (Å²) >= 11 is 0. The number of benzene rings is 1. The topological polar surface area (TPSA) is 125 Å². The molecule has 0 spiro atoms. The van der Waals surface area contributed by atoms with Crippen LogP contribution in [0.15, 0.2) is 18.2 Å². The summed E-state index contributed by atoms with van der Waals surface area (Å²) in [5, 5.41) is 17.7. The predicted octanol–water partition coefficient (Wildman–Crippen LogP) is 1.60. The fourth-order valence-corrected chi connectivity index (χ4v) is 2.86. The van der Waals surface area contributed by atoms with Crippen molar-refractivity contribution in [1.29, 1.82) is 0 Å². The van der Waals surface area contributed by atoms with Gasteiger partial charge >= 0.3 is 11.9 Å². The number of methoxy groups -OCH3 is 1. The van der Waals surface area contributed by atoms with Crippen LogP contribution in [-0.2, 0) is 19.1 Å². The summed E-state index contributed by atoms with van der Waals surface area (Å²) in [6.07, 6.45) is 0.920. The van der Waals surface area contributed by atoms with E-state index in [2.05, 4.69) is 24.1 Å². The summed E-state index contributed by atoms with van der Waals surface area (Å²) in [4.78, 5) is 32.7. The summed E-state index contributed by atoms with van der Waals surface area (Å²) < 4.78 is 11.0. The Kier molecular flexibility index (Phi) is 9.40. The number of anilines is 1. The van der Waals surface area contributed by atoms with Gasteiger partial charge in [-0.2, -0.15) is 0 Å². The van der Waals surface area contributed by atoms with Gasteiger partial charge in [0.05, 0.1) is 25.0 Å². The third-order valence-electron chi connectivity index (χ3n) is 3.96. The van der Waals surface area contributed by atoms with Crippen molar-refractivity contribution < 1.29 is 34.1 Å². The third-order valence-corrected chi connectivity index (χ3v) is 3.96. The first kappa shape index (κ1) is 23.4. The van der Waals surface area contributed by atoms with Gasteiger partial charge in [0.15, 0.2) is 0 Å². The van der Waals surface area contributed by atoms with Gasteiger partial charge in [0.1, 0.15) is 5.75 Å². The molecule has 1 fully saturated rings. The maximum Gasteiger partial charge on any atom is 0.414 e. The Labute approximate surface area is 164 Å². The van der Waals surface area contributed by atoms with Gasteiger partial charge in [-0.05, 0) is 38.5 Å². The lowest BCUT2D eigenvalue weighted by molar-refractivity contribution is -0.159. The van der Waals surface area contributed by atoms with E-state index in [1.165, 1.54) is 0 Å². The molecule has 1 aromatic rings. The van der Waals surface area contributed by atoms with E-state index in [0.29, 0.717) is 12.2 Å². The van der Waals surface area contributed by atoms with Crippen LogP contribution in [0.2, 0.25) is 0 Å². The van der Waals surface area contributed by atoms with E-state index < -0.39 is 11.9 Å². The molecule has 28 heavy (non-hydrogen) atoms. The van der Waals surface area contributed by atoms with Gasteiger partial charge in [0.2, 0.25) is 5.91 Å². The molecule has 2 rings (SSSR count). The quantitative estimate of drug-likeness (QED) is 0.641. The van der Waals surface area contributed by atoms with Gasteiger partial charge in [-0.1, -0.05) is 6.07 Å². The van der Waals surface area contributed by atoms with Gasteiger partial charge in [0, 0.05) is 26.1 Å². The number of hydrogen-bond acceptors (Lipinski definition) is 6. The lowest BCUT2D eigenvalue weighted by atomic mass is 10.2. The van der Waals surface area contributed by atoms with E-state index in [9.17, 15) is 4.79 Å². The van der Waals surface area contributed by atoms with E-state index in [1.54, 1.807) is 7.11 Å². The van der Waals surface area contributed by atoms with Crippen LogP contribution in [0.4, 0.5) is 5.69 Å². The minimum absolute atomic E-state index is 0.00991. The molecule has 1 aromatic carbocycles. The van der Waals surface area contributed by atoms with Gasteiger partial charge in [-0.25, -0.2) is 9.59 Å². The largest absolute Gasteiger partial charge is 0.495 e. The van der Waals surface area contributed by atoms with Crippen molar-refractivity contribution in [1.82, 2.24) is 4.90 Å². The number of morpholine rings is 1. The lowest BCUT2D eigenvalue weighted by Crippen LogP contribution is -2.46. The van der Waals surface area contributed by atoms with E-state index in [-0.39, 0.29) is 18.1 Å². The second-order valence-corrected chi connectivity index (χ2v) is 6.63. The number of aryl methyl sites for hydroxylation is 1. The highest BCUT2D eigenvalue weighted by molar-refractivity contribution is 6.27. The number of amides is 1. The van der Waals surface area contributed by atoms with E-state index in [1.807, 2.05) is 25.1 Å². The molecule has 156 valence electrons. The van der Waals surface area contributed by atoms with Crippen LogP contribution in [0.5, 0.6) is 5.75 Å². The number of nitrogens with zero attached hydrogens (tertiary/aromatic N) is 1. The molecule has 1 saturated heterocycles. The van der Waals surface area contributed by atoms with Crippen LogP contribution in [0, 0.1) is 6.92 Å². The predicted molar refractivity (Wildman–Crippen MR) is 103 cm³/mol. The zero-order chi connectivity index (χ0) is 21.3. The molecule has 2 unspecified atom stereocenters. The number of carbonyl (C=O) groups is 3. The second kappa shape index (κ2) is 11.3. The summed E-state index contributed by atoms with van der Waals surface area (Å²) in [6.45, 7) is 8.64. The normalized spacial score (nSPS) is 19.1. The number of nitrogens with one attached hydrogen (secondary N) is 1. The Hall–Kier alpha value is -2.65. The number of carboxylic acids is 2. The average molecular weight is 396 g/mol. The van der Waals surface area contributed by atoms with E-state index >= 15 is 0 Å². The minimum atomic E-state index is -1.82. The minimum Gasteiger partial charge on any atom is -0.495 e. The molecule has 0 bridgehead atoms. The summed E-state index contributed by atoms with van der Waals surface area (Å²) in [7, 11) is 1.61. The van der Waals surface area contributed by atoms with Gasteiger partial charge in [-0.3, -0.25) is 9.69 Å². The van der Waals surface area contributed by atoms with Crippen LogP contribution in [0.25, 0.3) is 0 Å². The summed E-state index contributed by atoms with van der Waals surface area (Å²) in [6, 6.07) is 5.76. The Morgan fingerprint density at radius 3 is 2.25 bits per heavy atom. The monoisotopic (exact) mass is 396 g/mol. The number of aliphatic carboxylic acids is 2. The van der Waals surface area contributed by atoms with Crippen molar-refractivity contribution >= 4 is 23.5 Å². The van der Waals surface area contributed by atoms with Crippen LogP contribution in [0.3, 0.4) is 0 Å². The molecule has 1 heterocycles. The number of ether oxygens (including phenoxy) is 2. The maximum atomic E-state index is 12.2. The molecule has 3 N–H and O–H groups in total. The van der Waals surface area contributed by atoms with Crippen LogP contribution < -0.4 is 10.1 Å². The Morgan fingerprint density at radius 2 is 1.75 bits per heavy atom. The molecule has 1 aliphatic rings. The van der Waals surface area contributed by atoms with Crippen molar-refractivity contribution in [3.63, 3.8) is 0 Å². The van der Waals surface area contributed by atoms with Gasteiger partial charge in [0.25, 0.3) is 0 Å². The van der Waals surface area contributed by atoms with Crippen molar-refractivity contribution in [2.75, 3.05) is 32.1 Å². The molecular formula is C19H28N2O7. The maximum absolute atomic E-state index is 12.2. The molecule has 0 radical (unpaired) electrons. The molecule has 9 heteroatoms. The molecular weight excluding hydrogens is 368 g/mol. The summed E-state index contributed by atoms with van der Waals surface area (Å²) in [5.74, 6) is -2.95. The first-order valence-corrected chi connectivity index (χ1v) is 8.90. The molecule has 1 aliphatic heterocycles. The molecule has 1 amide bonds. The average Bonchev–Trinajstić information content (AvgIpc) is 2.60. The smallest absolute Gasteiger partial charge is 0.414 e. The first-order valence-electron chi connectivity index (χ1n) is 8.90. The number of carboxylic acid groups (broad SMARTS) is 2. The van der Waals surface area contributed by atoms with Crippen molar-refractivity contribution in [2.24, 2.45) is 0 Å². The fraction of sp³-hybridized carbons (Fsp3) is 0.526. The lowest BCUT2D eigenvalue weighted by Gasteiger charge is -2.35. The SMILES string of the molecule is COc1ccc(C)cc1NC(=O)CCN1CC(C)OC(C)C1.O=C(O)C(=O)O. The highest BCUT2D eigenvalue weighted by Gasteiger charge is 2.22. The Balaban J connectivity index is 0.000000568. The zero-order valence-corrected chi connectivity index (χ0v) is 16.6. The van der Waals surface area contributed by atoms with Gasteiger partial charge in [-0.15, -0.1) is 0 Å². The molecule has 2 atom stereocenters. The molecule has 0 aromatic heterocycles. The van der Waals surface area contributed by atoms with Crippen LogP contribution >= 0.6 is 0 Å². The van der Waals surface area contributed by atoms with Crippen molar-refractivity contribution in [3.05, 3.63) is 23.8 Å². The molecule has 0 saturated carbocycles. The van der Waals surface area contributed by atoms with Crippen LogP contribution in [-0.4, -0.2) is 71.9 Å². The van der Waals surface area contributed by atoms with Crippen LogP contribution in [0.1, 0.15) is 25.8 Å². The Bertz CT molecular complexity index is 671. The van der Waals surface area contributed by atoms with E-state index in [0.717, 1.165) is 30.9 Å². The number of carbonyl (C=O) groups excluding carboxylic acids is 1. The number of rotatable bonds is 5. The fourth-order valence-electron chi connectivity index (χ4n) is 2.86. The zero-order valence-electron chi connectivity index (χ0n) is 16.6. The molecule has 9 nitrogen and oxygen atoms in total. The van der Waals surface area contributed by atoms with Gasteiger partial charge < -0.3 is 25.0 Å². The second-order valence-electron chi connectivity index (χ2n) is 6.63. The van der Waals surface area contributed by atoms with Crippen molar-refractivity contribution in [2.45, 2.75) is 39.4 Å².